The summed E-state index contributed by atoms with van der Waals surface area (Å²) >= 11 is 0. The summed E-state index contributed by atoms with van der Waals surface area (Å²) in [5.74, 6) is 0. The van der Waals surface area contributed by atoms with Crippen molar-refractivity contribution < 1.29 is 0 Å². The van der Waals surface area contributed by atoms with E-state index in [0.717, 1.165) is 6.04 Å². The molecule has 0 aromatic rings. The summed E-state index contributed by atoms with van der Waals surface area (Å²) in [6, 6.07) is 0.806. The first-order valence-electron chi connectivity index (χ1n) is 5.34. The molecule has 1 aliphatic rings. The monoisotopic (exact) mass is 171 g/mol. The Morgan fingerprint density at radius 2 is 1.83 bits per heavy atom. The number of hydrogen-bond acceptors (Lipinski definition) is 1. The summed E-state index contributed by atoms with van der Waals surface area (Å²) in [5, 5.41) is 0. The highest BCUT2D eigenvalue weighted by Gasteiger charge is 2.35. The van der Waals surface area contributed by atoms with Crippen molar-refractivity contribution in [3.05, 3.63) is 0 Å². The van der Waals surface area contributed by atoms with Crippen molar-refractivity contribution in [3.63, 3.8) is 0 Å². The van der Waals surface area contributed by atoms with Gasteiger partial charge in [-0.2, -0.15) is 0 Å². The van der Waals surface area contributed by atoms with E-state index in [-0.39, 0.29) is 0 Å². The van der Waals surface area contributed by atoms with E-state index >= 15 is 0 Å². The van der Waals surface area contributed by atoms with Gasteiger partial charge in [0.15, 0.2) is 0 Å². The van der Waals surface area contributed by atoms with Gasteiger partial charge < -0.3 is 0 Å². The standard InChI is InChI=1S/C9H19N.C2H6/c1-5-10-8(2)6-7-9(10,3)4;1-2/h8H,5-7H2,1-4H3;1-2H3/t8-;/m1./s1. The first-order chi connectivity index (χ1) is 5.58. The minimum Gasteiger partial charge on any atom is -0.296 e. The molecule has 1 aliphatic heterocycles. The SMILES string of the molecule is CC.CCN1[C@H](C)CCC1(C)C. The van der Waals surface area contributed by atoms with Crippen LogP contribution in [-0.2, 0) is 0 Å². The van der Waals surface area contributed by atoms with E-state index < -0.39 is 0 Å². The molecule has 12 heavy (non-hydrogen) atoms. The topological polar surface area (TPSA) is 3.24 Å². The fourth-order valence-electron chi connectivity index (χ4n) is 2.20. The van der Waals surface area contributed by atoms with Gasteiger partial charge in [-0.25, -0.2) is 0 Å². The largest absolute Gasteiger partial charge is 0.296 e. The number of likely N-dealkylation sites (tertiary alicyclic amines) is 1. The molecule has 0 radical (unpaired) electrons. The minimum absolute atomic E-state index is 0.466. The molecule has 1 heteroatoms. The second-order valence-electron chi connectivity index (χ2n) is 3.99. The van der Waals surface area contributed by atoms with Crippen LogP contribution in [0.25, 0.3) is 0 Å². The number of hydrogen-bond donors (Lipinski definition) is 0. The molecular formula is C11H25N. The molecule has 0 aromatic carbocycles. The van der Waals surface area contributed by atoms with Crippen LogP contribution in [0.1, 0.15) is 54.4 Å². The van der Waals surface area contributed by atoms with Crippen molar-refractivity contribution in [1.29, 1.82) is 0 Å². The fraction of sp³-hybridized carbons (Fsp3) is 1.00. The molecule has 74 valence electrons. The van der Waals surface area contributed by atoms with Gasteiger partial charge in [0.1, 0.15) is 0 Å². The lowest BCUT2D eigenvalue weighted by atomic mass is 10.0. The highest BCUT2D eigenvalue weighted by molar-refractivity contribution is 4.91. The lowest BCUT2D eigenvalue weighted by Crippen LogP contribution is -2.41. The van der Waals surface area contributed by atoms with Gasteiger partial charge in [0.25, 0.3) is 0 Å². The molecule has 0 bridgehead atoms. The predicted molar refractivity (Wildman–Crippen MR) is 56.5 cm³/mol. The molecule has 0 aliphatic carbocycles. The zero-order valence-electron chi connectivity index (χ0n) is 9.65. The summed E-state index contributed by atoms with van der Waals surface area (Å²) in [5.41, 5.74) is 0.466. The summed E-state index contributed by atoms with van der Waals surface area (Å²) in [6.07, 6.45) is 2.74. The molecule has 1 heterocycles. The molecule has 0 aromatic heterocycles. The van der Waals surface area contributed by atoms with Gasteiger partial charge in [0, 0.05) is 11.6 Å². The van der Waals surface area contributed by atoms with Crippen LogP contribution in [0, 0.1) is 0 Å². The molecule has 1 rings (SSSR count). The highest BCUT2D eigenvalue weighted by Crippen LogP contribution is 2.32. The second kappa shape index (κ2) is 4.86. The lowest BCUT2D eigenvalue weighted by molar-refractivity contribution is 0.145. The first-order valence-corrected chi connectivity index (χ1v) is 5.34. The Morgan fingerprint density at radius 1 is 1.33 bits per heavy atom. The lowest BCUT2D eigenvalue weighted by Gasteiger charge is -2.33. The number of rotatable bonds is 1. The van der Waals surface area contributed by atoms with E-state index in [2.05, 4.69) is 32.6 Å². The molecule has 0 spiro atoms. The Morgan fingerprint density at radius 3 is 2.00 bits per heavy atom. The molecule has 0 unspecified atom stereocenters. The smallest absolute Gasteiger partial charge is 0.0156 e. The van der Waals surface area contributed by atoms with E-state index in [1.807, 2.05) is 13.8 Å². The van der Waals surface area contributed by atoms with Crippen LogP contribution >= 0.6 is 0 Å². The van der Waals surface area contributed by atoms with Crippen LogP contribution in [0.3, 0.4) is 0 Å². The van der Waals surface area contributed by atoms with Gasteiger partial charge in [-0.05, 0) is 40.2 Å². The maximum absolute atomic E-state index is 2.59. The van der Waals surface area contributed by atoms with E-state index in [4.69, 9.17) is 0 Å². The van der Waals surface area contributed by atoms with E-state index in [0.29, 0.717) is 5.54 Å². The van der Waals surface area contributed by atoms with Crippen molar-refractivity contribution in [3.8, 4) is 0 Å². The fourth-order valence-corrected chi connectivity index (χ4v) is 2.20. The van der Waals surface area contributed by atoms with Crippen LogP contribution in [-0.4, -0.2) is 23.0 Å². The Balaban J connectivity index is 0.000000561. The predicted octanol–water partition coefficient (Wildman–Crippen LogP) is 3.30. The van der Waals surface area contributed by atoms with Crippen LogP contribution in [0.5, 0.6) is 0 Å². The Hall–Kier alpha value is -0.0400. The van der Waals surface area contributed by atoms with Gasteiger partial charge in [0.05, 0.1) is 0 Å². The van der Waals surface area contributed by atoms with E-state index in [1.54, 1.807) is 0 Å². The zero-order valence-corrected chi connectivity index (χ0v) is 9.65. The molecule has 1 saturated heterocycles. The third kappa shape index (κ3) is 2.48. The molecule has 1 fully saturated rings. The quantitative estimate of drug-likeness (QED) is 0.585. The van der Waals surface area contributed by atoms with Crippen molar-refractivity contribution in [2.24, 2.45) is 0 Å². The van der Waals surface area contributed by atoms with Gasteiger partial charge in [0.2, 0.25) is 0 Å². The molecule has 1 nitrogen and oxygen atoms in total. The number of nitrogens with zero attached hydrogens (tertiary/aromatic N) is 1. The van der Waals surface area contributed by atoms with Crippen LogP contribution < -0.4 is 0 Å². The average Bonchev–Trinajstić information content (AvgIpc) is 2.30. The third-order valence-electron chi connectivity index (χ3n) is 2.82. The van der Waals surface area contributed by atoms with Crippen LogP contribution in [0.15, 0.2) is 0 Å². The highest BCUT2D eigenvalue weighted by atomic mass is 15.2. The zero-order chi connectivity index (χ0) is 9.78. The third-order valence-corrected chi connectivity index (χ3v) is 2.82. The molecule has 0 saturated carbocycles. The summed E-state index contributed by atoms with van der Waals surface area (Å²) < 4.78 is 0. The van der Waals surface area contributed by atoms with Crippen LogP contribution in [0.4, 0.5) is 0 Å². The summed E-state index contributed by atoms with van der Waals surface area (Å²) in [7, 11) is 0. The molecule has 0 N–H and O–H groups in total. The van der Waals surface area contributed by atoms with Gasteiger partial charge in [-0.3, -0.25) is 4.90 Å². The first kappa shape index (κ1) is 12.0. The van der Waals surface area contributed by atoms with Gasteiger partial charge in [-0.15, -0.1) is 0 Å². The van der Waals surface area contributed by atoms with Crippen molar-refractivity contribution in [1.82, 2.24) is 4.90 Å². The average molecular weight is 171 g/mol. The van der Waals surface area contributed by atoms with Crippen LogP contribution in [0.2, 0.25) is 0 Å². The normalized spacial score (nSPS) is 28.0. The Bertz CT molecular complexity index is 118. The molecular weight excluding hydrogens is 146 g/mol. The summed E-state index contributed by atoms with van der Waals surface area (Å²) in [6.45, 7) is 14.5. The van der Waals surface area contributed by atoms with E-state index in [9.17, 15) is 0 Å². The Labute approximate surface area is 78.1 Å². The van der Waals surface area contributed by atoms with Crippen molar-refractivity contribution >= 4 is 0 Å². The van der Waals surface area contributed by atoms with Crippen molar-refractivity contribution in [2.75, 3.05) is 6.54 Å². The van der Waals surface area contributed by atoms with E-state index in [1.165, 1.54) is 19.4 Å². The van der Waals surface area contributed by atoms with Gasteiger partial charge >= 0.3 is 0 Å². The molecule has 0 amide bonds. The minimum atomic E-state index is 0.466. The second-order valence-corrected chi connectivity index (χ2v) is 3.99. The summed E-state index contributed by atoms with van der Waals surface area (Å²) in [4.78, 5) is 2.59. The Kier molecular flexibility index (Phi) is 4.84. The molecule has 1 atom stereocenters. The van der Waals surface area contributed by atoms with Gasteiger partial charge in [-0.1, -0.05) is 20.8 Å². The van der Waals surface area contributed by atoms with Crippen molar-refractivity contribution in [2.45, 2.75) is 66.0 Å². The maximum atomic E-state index is 2.59. The maximum Gasteiger partial charge on any atom is 0.0156 e.